The van der Waals surface area contributed by atoms with E-state index in [0.29, 0.717) is 32.2 Å². The minimum atomic E-state index is -3.10. The largest absolute Gasteiger partial charge is 0.409 e. The van der Waals surface area contributed by atoms with Gasteiger partial charge in [0.15, 0.2) is 0 Å². The lowest BCUT2D eigenvalue weighted by Crippen LogP contribution is -2.27. The second-order valence-electron chi connectivity index (χ2n) is 3.26. The van der Waals surface area contributed by atoms with Crippen LogP contribution in [0.4, 0.5) is 0 Å². The molecule has 0 aromatic rings. The Morgan fingerprint density at radius 3 is 2.67 bits per heavy atom. The van der Waals surface area contributed by atoms with E-state index in [9.17, 15) is 8.42 Å². The van der Waals surface area contributed by atoms with E-state index >= 15 is 0 Å². The molecule has 0 radical (unpaired) electrons. The minimum Gasteiger partial charge on any atom is -0.409 e. The number of unbranched alkanes of at least 4 members (excludes halogenated alkanes) is 1. The molecular formula is C8H19N3O3S. The van der Waals surface area contributed by atoms with Gasteiger partial charge in [-0.2, -0.15) is 0 Å². The van der Waals surface area contributed by atoms with Crippen LogP contribution >= 0.6 is 0 Å². The van der Waals surface area contributed by atoms with Crippen LogP contribution in [-0.2, 0) is 10.0 Å². The van der Waals surface area contributed by atoms with Crippen LogP contribution in [0.5, 0.6) is 0 Å². The summed E-state index contributed by atoms with van der Waals surface area (Å²) in [6.45, 7) is 2.22. The van der Waals surface area contributed by atoms with Crippen molar-refractivity contribution in [3.05, 3.63) is 0 Å². The van der Waals surface area contributed by atoms with Crippen molar-refractivity contribution < 1.29 is 13.6 Å². The zero-order chi connectivity index (χ0) is 11.7. The summed E-state index contributed by atoms with van der Waals surface area (Å²) in [5.74, 6) is 0.333. The van der Waals surface area contributed by atoms with Crippen LogP contribution in [0.3, 0.4) is 0 Å². The van der Waals surface area contributed by atoms with E-state index in [1.165, 1.54) is 0 Å². The molecule has 6 nitrogen and oxygen atoms in total. The van der Waals surface area contributed by atoms with Gasteiger partial charge in [-0.25, -0.2) is 13.1 Å². The molecule has 0 heterocycles. The molecule has 90 valence electrons. The molecule has 0 spiro atoms. The molecule has 0 aromatic carbocycles. The number of hydrogen-bond acceptors (Lipinski definition) is 4. The Morgan fingerprint density at radius 2 is 2.13 bits per heavy atom. The summed E-state index contributed by atoms with van der Waals surface area (Å²) in [7, 11) is -3.10. The number of nitrogens with zero attached hydrogens (tertiary/aromatic N) is 1. The number of rotatable bonds is 8. The molecule has 0 unspecified atom stereocenters. The van der Waals surface area contributed by atoms with Gasteiger partial charge in [-0.3, -0.25) is 0 Å². The predicted molar refractivity (Wildman–Crippen MR) is 59.3 cm³/mol. The van der Waals surface area contributed by atoms with E-state index in [4.69, 9.17) is 10.9 Å². The van der Waals surface area contributed by atoms with Crippen molar-refractivity contribution in [3.8, 4) is 0 Å². The Morgan fingerprint density at radius 1 is 1.47 bits per heavy atom. The summed E-state index contributed by atoms with van der Waals surface area (Å²) >= 11 is 0. The van der Waals surface area contributed by atoms with E-state index in [2.05, 4.69) is 9.88 Å². The number of nitrogens with one attached hydrogen (secondary N) is 1. The highest BCUT2D eigenvalue weighted by atomic mass is 32.2. The van der Waals surface area contributed by atoms with Crippen molar-refractivity contribution >= 4 is 15.9 Å². The van der Waals surface area contributed by atoms with Crippen molar-refractivity contribution in [2.45, 2.75) is 32.6 Å². The maximum Gasteiger partial charge on any atom is 0.211 e. The van der Waals surface area contributed by atoms with Crippen LogP contribution in [-0.4, -0.2) is 31.8 Å². The van der Waals surface area contributed by atoms with Crippen LogP contribution in [0, 0.1) is 0 Å². The molecule has 0 rings (SSSR count). The van der Waals surface area contributed by atoms with Crippen molar-refractivity contribution in [2.75, 3.05) is 12.3 Å². The van der Waals surface area contributed by atoms with Gasteiger partial charge in [0, 0.05) is 13.0 Å². The average molecular weight is 237 g/mol. The molecule has 0 aromatic heterocycles. The van der Waals surface area contributed by atoms with Crippen LogP contribution in [0.25, 0.3) is 0 Å². The van der Waals surface area contributed by atoms with Crippen molar-refractivity contribution in [1.82, 2.24) is 4.72 Å². The minimum absolute atomic E-state index is 0.160. The van der Waals surface area contributed by atoms with E-state index in [0.717, 1.165) is 0 Å². The first-order chi connectivity index (χ1) is 7.02. The summed E-state index contributed by atoms with van der Waals surface area (Å²) in [6, 6.07) is 0. The van der Waals surface area contributed by atoms with Gasteiger partial charge in [0.1, 0.15) is 5.84 Å². The van der Waals surface area contributed by atoms with Gasteiger partial charge >= 0.3 is 0 Å². The lowest BCUT2D eigenvalue weighted by molar-refractivity contribution is 0.316. The number of sulfonamides is 1. The number of nitrogens with two attached hydrogens (primary N) is 1. The Balaban J connectivity index is 3.55. The van der Waals surface area contributed by atoms with Gasteiger partial charge in [0.2, 0.25) is 10.0 Å². The second-order valence-corrected chi connectivity index (χ2v) is 5.19. The highest BCUT2D eigenvalue weighted by Crippen LogP contribution is 1.95. The third-order valence-electron chi connectivity index (χ3n) is 1.78. The third kappa shape index (κ3) is 8.19. The molecule has 0 saturated heterocycles. The molecule has 4 N–H and O–H groups in total. The highest BCUT2D eigenvalue weighted by Gasteiger charge is 2.06. The first-order valence-electron chi connectivity index (χ1n) is 4.95. The van der Waals surface area contributed by atoms with Crippen molar-refractivity contribution in [3.63, 3.8) is 0 Å². The molecule has 0 saturated carbocycles. The molecule has 0 aliphatic carbocycles. The van der Waals surface area contributed by atoms with Gasteiger partial charge < -0.3 is 10.9 Å². The smallest absolute Gasteiger partial charge is 0.211 e. The summed E-state index contributed by atoms with van der Waals surface area (Å²) in [4.78, 5) is 0. The van der Waals surface area contributed by atoms with E-state index < -0.39 is 10.0 Å². The van der Waals surface area contributed by atoms with Crippen molar-refractivity contribution in [1.29, 1.82) is 0 Å². The fourth-order valence-corrected chi connectivity index (χ4v) is 2.19. The van der Waals surface area contributed by atoms with Gasteiger partial charge in [-0.15, -0.1) is 0 Å². The molecular weight excluding hydrogens is 218 g/mol. The summed E-state index contributed by atoms with van der Waals surface area (Å²) in [6.07, 6.45) is 2.47. The van der Waals surface area contributed by atoms with Gasteiger partial charge in [-0.1, -0.05) is 12.1 Å². The van der Waals surface area contributed by atoms with Gasteiger partial charge in [-0.05, 0) is 19.3 Å². The van der Waals surface area contributed by atoms with Crippen LogP contribution in [0.2, 0.25) is 0 Å². The lowest BCUT2D eigenvalue weighted by Gasteiger charge is -2.04. The van der Waals surface area contributed by atoms with Gasteiger partial charge in [0.25, 0.3) is 0 Å². The van der Waals surface area contributed by atoms with Crippen molar-refractivity contribution in [2.24, 2.45) is 10.9 Å². The molecule has 0 atom stereocenters. The molecule has 0 aliphatic rings. The fraction of sp³-hybridized carbons (Fsp3) is 0.875. The normalized spacial score (nSPS) is 13.0. The first-order valence-corrected chi connectivity index (χ1v) is 6.60. The summed E-state index contributed by atoms with van der Waals surface area (Å²) in [5, 5.41) is 11.1. The Hall–Kier alpha value is -0.820. The predicted octanol–water partition coefficient (Wildman–Crippen LogP) is 0.233. The molecule has 0 bridgehead atoms. The van der Waals surface area contributed by atoms with E-state index in [1.807, 2.05) is 6.92 Å². The molecule has 0 fully saturated rings. The third-order valence-corrected chi connectivity index (χ3v) is 3.37. The van der Waals surface area contributed by atoms with E-state index in [1.54, 1.807) is 0 Å². The van der Waals surface area contributed by atoms with Crippen LogP contribution < -0.4 is 10.5 Å². The molecule has 0 amide bonds. The monoisotopic (exact) mass is 237 g/mol. The summed E-state index contributed by atoms with van der Waals surface area (Å²) in [5.41, 5.74) is 5.25. The first kappa shape index (κ1) is 14.2. The molecule has 0 aliphatic heterocycles. The zero-order valence-corrected chi connectivity index (χ0v) is 9.76. The quantitative estimate of drug-likeness (QED) is 0.185. The Bertz CT molecular complexity index is 288. The maximum absolute atomic E-state index is 11.2. The maximum atomic E-state index is 11.2. The standard InChI is InChI=1S/C8H19N3O3S/c1-2-7-15(13,14)10-6-4-3-5-8(9)11-12/h10,12H,2-7H2,1H3,(H2,9,11). The van der Waals surface area contributed by atoms with Crippen LogP contribution in [0.15, 0.2) is 5.16 Å². The Kier molecular flexibility index (Phi) is 7.06. The topological polar surface area (TPSA) is 105 Å². The highest BCUT2D eigenvalue weighted by molar-refractivity contribution is 7.89. The number of amidine groups is 1. The SMILES string of the molecule is CCCS(=O)(=O)NCCCCC(N)=NO. The average Bonchev–Trinajstić information content (AvgIpc) is 2.16. The van der Waals surface area contributed by atoms with E-state index in [-0.39, 0.29) is 11.6 Å². The van der Waals surface area contributed by atoms with Gasteiger partial charge in [0.05, 0.1) is 5.75 Å². The summed E-state index contributed by atoms with van der Waals surface area (Å²) < 4.78 is 24.8. The fourth-order valence-electron chi connectivity index (χ4n) is 1.05. The molecule has 15 heavy (non-hydrogen) atoms. The van der Waals surface area contributed by atoms with Crippen LogP contribution in [0.1, 0.15) is 32.6 Å². The lowest BCUT2D eigenvalue weighted by atomic mass is 10.2. The zero-order valence-electron chi connectivity index (χ0n) is 8.94. The molecule has 7 heteroatoms. The second kappa shape index (κ2) is 7.47. The number of hydrogen-bond donors (Lipinski definition) is 3. The Labute approximate surface area is 90.6 Å². The number of oxime groups is 1.